The van der Waals surface area contributed by atoms with Gasteiger partial charge in [-0.05, 0) is 77.9 Å². The first-order chi connectivity index (χ1) is 20.3. The molecule has 0 aromatic carbocycles. The zero-order chi connectivity index (χ0) is 33.3. The highest BCUT2D eigenvalue weighted by Crippen LogP contribution is 2.50. The van der Waals surface area contributed by atoms with Crippen LogP contribution in [0.4, 0.5) is 0 Å². The lowest BCUT2D eigenvalue weighted by Gasteiger charge is -2.54. The van der Waals surface area contributed by atoms with Gasteiger partial charge >= 0.3 is 0 Å². The topological polar surface area (TPSA) is 80.9 Å². The number of rotatable bonds is 10. The Hall–Kier alpha value is -2.76. The van der Waals surface area contributed by atoms with E-state index in [2.05, 4.69) is 77.2 Å². The summed E-state index contributed by atoms with van der Waals surface area (Å²) in [6, 6.07) is 0. The molecule has 0 aromatic rings. The van der Waals surface area contributed by atoms with Gasteiger partial charge in [0.05, 0.1) is 17.8 Å². The standard InChI is InChI=1S/C40H58O4/c1-29(17-13-19-31(3)21-22-36-33(5)25-34(41)26-37(36,6)7)15-11-12-16-30(2)18-14-20-32(4)23-24-40(44)38(8,9)27-35(42)28-39(40,10)43/h11-24,34-35,41-44H,25-28H2,1-10H3/b12-11+,17-13+,18-14+,22-21+,24-23+,29-15-,30-16+,31-19+,32-20+/t34-,35+,39+,40+/m1/s1. The van der Waals surface area contributed by atoms with E-state index in [0.29, 0.717) is 6.42 Å². The molecule has 0 radical (unpaired) electrons. The molecule has 2 rings (SSSR count). The molecule has 1 saturated carbocycles. The molecule has 0 unspecified atom stereocenters. The molecule has 4 heteroatoms. The summed E-state index contributed by atoms with van der Waals surface area (Å²) in [4.78, 5) is 0. The Kier molecular flexibility index (Phi) is 13.2. The monoisotopic (exact) mass is 602 g/mol. The first-order valence-electron chi connectivity index (χ1n) is 15.9. The minimum Gasteiger partial charge on any atom is -0.393 e. The Balaban J connectivity index is 1.94. The van der Waals surface area contributed by atoms with E-state index in [-0.39, 0.29) is 17.9 Å². The van der Waals surface area contributed by atoms with Crippen molar-refractivity contribution in [3.8, 4) is 0 Å². The van der Waals surface area contributed by atoms with Gasteiger partial charge in [-0.1, -0.05) is 135 Å². The SMILES string of the molecule is CC1=C(/C=C/C(C)=C/C=C/C(C)=C\C=C\C=C(C)\C=C\C=C(C)\C=C\[C@]2(O)C(C)(C)C[C@H](O)C[C@]2(C)O)C(C)(C)C[C@H](O)C1. The van der Waals surface area contributed by atoms with Crippen LogP contribution in [0.25, 0.3) is 0 Å². The molecule has 242 valence electrons. The Labute approximate surface area is 267 Å². The molecule has 2 aliphatic carbocycles. The summed E-state index contributed by atoms with van der Waals surface area (Å²) in [6.07, 6.45) is 29.6. The van der Waals surface area contributed by atoms with Gasteiger partial charge in [-0.15, -0.1) is 0 Å². The number of hydrogen-bond acceptors (Lipinski definition) is 4. The van der Waals surface area contributed by atoms with Gasteiger partial charge in [0.15, 0.2) is 0 Å². The van der Waals surface area contributed by atoms with Crippen molar-refractivity contribution in [3.05, 3.63) is 119 Å². The van der Waals surface area contributed by atoms with Gasteiger partial charge in [0.25, 0.3) is 0 Å². The number of allylic oxidation sites excluding steroid dienone is 18. The van der Waals surface area contributed by atoms with Crippen molar-refractivity contribution in [3.63, 3.8) is 0 Å². The molecule has 0 amide bonds. The van der Waals surface area contributed by atoms with Crippen LogP contribution in [0.1, 0.15) is 94.9 Å². The molecule has 1 fully saturated rings. The zero-order valence-electron chi connectivity index (χ0n) is 28.9. The van der Waals surface area contributed by atoms with Crippen molar-refractivity contribution in [2.75, 3.05) is 0 Å². The summed E-state index contributed by atoms with van der Waals surface area (Å²) in [5.74, 6) is 0. The van der Waals surface area contributed by atoms with Gasteiger partial charge in [-0.3, -0.25) is 0 Å². The fourth-order valence-corrected chi connectivity index (χ4v) is 6.55. The predicted octanol–water partition coefficient (Wildman–Crippen LogP) is 8.71. The van der Waals surface area contributed by atoms with Crippen LogP contribution < -0.4 is 0 Å². The van der Waals surface area contributed by atoms with Gasteiger partial charge in [0.2, 0.25) is 0 Å². The molecule has 0 aliphatic heterocycles. The Morgan fingerprint density at radius 1 is 0.636 bits per heavy atom. The molecular weight excluding hydrogens is 544 g/mol. The van der Waals surface area contributed by atoms with E-state index < -0.39 is 22.7 Å². The lowest BCUT2D eigenvalue weighted by molar-refractivity contribution is -0.216. The van der Waals surface area contributed by atoms with Gasteiger partial charge in [-0.25, -0.2) is 0 Å². The van der Waals surface area contributed by atoms with Crippen LogP contribution in [0, 0.1) is 10.8 Å². The molecular formula is C40H58O4. The third kappa shape index (κ3) is 10.4. The summed E-state index contributed by atoms with van der Waals surface area (Å²) in [5.41, 5.74) is 3.44. The van der Waals surface area contributed by atoms with E-state index in [1.165, 1.54) is 16.7 Å². The van der Waals surface area contributed by atoms with Gasteiger partial charge in [0.1, 0.15) is 5.60 Å². The van der Waals surface area contributed by atoms with E-state index in [1.54, 1.807) is 13.0 Å². The number of aliphatic hydroxyl groups is 4. The lowest BCUT2D eigenvalue weighted by Crippen LogP contribution is -2.65. The average Bonchev–Trinajstić information content (AvgIpc) is 2.87. The first-order valence-corrected chi connectivity index (χ1v) is 15.9. The molecule has 0 bridgehead atoms. The Morgan fingerprint density at radius 3 is 1.61 bits per heavy atom. The van der Waals surface area contributed by atoms with Crippen molar-refractivity contribution < 1.29 is 20.4 Å². The molecule has 0 aromatic heterocycles. The molecule has 4 atom stereocenters. The average molecular weight is 603 g/mol. The fraction of sp³-hybridized carbons (Fsp3) is 0.500. The molecule has 0 spiro atoms. The highest BCUT2D eigenvalue weighted by Gasteiger charge is 2.58. The number of aliphatic hydroxyl groups excluding tert-OH is 2. The molecule has 4 nitrogen and oxygen atoms in total. The third-order valence-corrected chi connectivity index (χ3v) is 9.07. The largest absolute Gasteiger partial charge is 0.393 e. The highest BCUT2D eigenvalue weighted by atomic mass is 16.4. The van der Waals surface area contributed by atoms with Crippen molar-refractivity contribution in [2.24, 2.45) is 10.8 Å². The molecule has 2 aliphatic rings. The highest BCUT2D eigenvalue weighted by molar-refractivity contribution is 5.38. The smallest absolute Gasteiger partial charge is 0.117 e. The van der Waals surface area contributed by atoms with Gasteiger partial charge in [0, 0.05) is 11.8 Å². The van der Waals surface area contributed by atoms with Gasteiger partial charge in [-0.2, -0.15) is 0 Å². The zero-order valence-corrected chi connectivity index (χ0v) is 28.9. The maximum atomic E-state index is 11.4. The van der Waals surface area contributed by atoms with Crippen LogP contribution in [0.2, 0.25) is 0 Å². The van der Waals surface area contributed by atoms with Crippen LogP contribution >= 0.6 is 0 Å². The van der Waals surface area contributed by atoms with Crippen molar-refractivity contribution in [1.82, 2.24) is 0 Å². The Morgan fingerprint density at radius 2 is 1.11 bits per heavy atom. The minimum atomic E-state index is -1.44. The van der Waals surface area contributed by atoms with Gasteiger partial charge < -0.3 is 20.4 Å². The molecule has 44 heavy (non-hydrogen) atoms. The number of hydrogen-bond donors (Lipinski definition) is 4. The summed E-state index contributed by atoms with van der Waals surface area (Å²) >= 11 is 0. The van der Waals surface area contributed by atoms with Crippen LogP contribution in [0.15, 0.2) is 119 Å². The van der Waals surface area contributed by atoms with E-state index in [9.17, 15) is 20.4 Å². The second-order valence-electron chi connectivity index (χ2n) is 14.5. The van der Waals surface area contributed by atoms with E-state index in [4.69, 9.17) is 0 Å². The molecule has 4 N–H and O–H groups in total. The summed E-state index contributed by atoms with van der Waals surface area (Å²) in [5, 5.41) is 42.6. The van der Waals surface area contributed by atoms with Crippen LogP contribution in [-0.4, -0.2) is 43.8 Å². The van der Waals surface area contributed by atoms with Crippen molar-refractivity contribution in [1.29, 1.82) is 0 Å². The normalized spacial score (nSPS) is 31.1. The van der Waals surface area contributed by atoms with Crippen LogP contribution in [0.3, 0.4) is 0 Å². The first kappa shape index (κ1) is 37.4. The van der Waals surface area contributed by atoms with Crippen LogP contribution in [0.5, 0.6) is 0 Å². The second kappa shape index (κ2) is 15.5. The lowest BCUT2D eigenvalue weighted by atomic mass is 9.57. The van der Waals surface area contributed by atoms with Crippen molar-refractivity contribution in [2.45, 2.75) is 118 Å². The fourth-order valence-electron chi connectivity index (χ4n) is 6.55. The predicted molar refractivity (Wildman–Crippen MR) is 187 cm³/mol. The molecule has 0 heterocycles. The molecule has 0 saturated heterocycles. The maximum Gasteiger partial charge on any atom is 0.117 e. The quantitative estimate of drug-likeness (QED) is 0.189. The second-order valence-corrected chi connectivity index (χ2v) is 14.5. The van der Waals surface area contributed by atoms with E-state index in [0.717, 1.165) is 29.6 Å². The maximum absolute atomic E-state index is 11.4. The third-order valence-electron chi connectivity index (χ3n) is 9.07. The van der Waals surface area contributed by atoms with E-state index >= 15 is 0 Å². The summed E-state index contributed by atoms with van der Waals surface area (Å²) in [6.45, 7) is 20.1. The minimum absolute atomic E-state index is 0.0115. The van der Waals surface area contributed by atoms with E-state index in [1.807, 2.05) is 64.2 Å². The Bertz CT molecular complexity index is 1300. The summed E-state index contributed by atoms with van der Waals surface area (Å²) < 4.78 is 0. The summed E-state index contributed by atoms with van der Waals surface area (Å²) in [7, 11) is 0. The van der Waals surface area contributed by atoms with Crippen molar-refractivity contribution >= 4 is 0 Å². The van der Waals surface area contributed by atoms with Crippen LogP contribution in [-0.2, 0) is 0 Å².